The van der Waals surface area contributed by atoms with E-state index >= 15 is 0 Å². The Bertz CT molecular complexity index is 450. The van der Waals surface area contributed by atoms with Crippen molar-refractivity contribution in [3.63, 3.8) is 0 Å². The second-order valence-electron chi connectivity index (χ2n) is 5.57. The molecule has 0 aromatic heterocycles. The van der Waals surface area contributed by atoms with Gasteiger partial charge in [-0.15, -0.1) is 0 Å². The third-order valence-electron chi connectivity index (χ3n) is 4.23. The second kappa shape index (κ2) is 6.70. The summed E-state index contributed by atoms with van der Waals surface area (Å²) in [7, 11) is 2.18. The fourth-order valence-corrected chi connectivity index (χ4v) is 3.19. The number of hydrogen-bond acceptors (Lipinski definition) is 3. The van der Waals surface area contributed by atoms with Gasteiger partial charge < -0.3 is 5.73 Å². The van der Waals surface area contributed by atoms with Crippen LogP contribution in [0.1, 0.15) is 36.8 Å². The third-order valence-corrected chi connectivity index (χ3v) is 4.23. The second-order valence-corrected chi connectivity index (χ2v) is 5.57. The predicted molar refractivity (Wildman–Crippen MR) is 77.4 cm³/mol. The highest BCUT2D eigenvalue weighted by Gasteiger charge is 2.27. The highest BCUT2D eigenvalue weighted by molar-refractivity contribution is 5.32. The van der Waals surface area contributed by atoms with Gasteiger partial charge in [-0.05, 0) is 50.0 Å². The Hall–Kier alpha value is -1.37. The average molecular weight is 257 g/mol. The van der Waals surface area contributed by atoms with Crippen molar-refractivity contribution >= 4 is 0 Å². The van der Waals surface area contributed by atoms with Crippen molar-refractivity contribution in [2.45, 2.75) is 38.3 Å². The molecule has 0 heterocycles. The molecule has 19 heavy (non-hydrogen) atoms. The smallest absolute Gasteiger partial charge is 0.0991 e. The van der Waals surface area contributed by atoms with Gasteiger partial charge in [-0.1, -0.05) is 25.0 Å². The molecule has 0 bridgehead atoms. The van der Waals surface area contributed by atoms with E-state index in [9.17, 15) is 0 Å². The lowest BCUT2D eigenvalue weighted by Crippen LogP contribution is -2.42. The zero-order chi connectivity index (χ0) is 13.7. The van der Waals surface area contributed by atoms with Gasteiger partial charge in [-0.2, -0.15) is 5.26 Å². The van der Waals surface area contributed by atoms with E-state index in [1.165, 1.54) is 31.2 Å². The van der Waals surface area contributed by atoms with Gasteiger partial charge in [0, 0.05) is 12.6 Å². The molecule has 2 N–H and O–H groups in total. The van der Waals surface area contributed by atoms with Gasteiger partial charge in [-0.25, -0.2) is 0 Å². The highest BCUT2D eigenvalue weighted by atomic mass is 15.1. The average Bonchev–Trinajstić information content (AvgIpc) is 2.47. The maximum atomic E-state index is 8.94. The Kier molecular flexibility index (Phi) is 4.95. The molecule has 0 spiro atoms. The van der Waals surface area contributed by atoms with E-state index in [0.717, 1.165) is 18.7 Å². The lowest BCUT2D eigenvalue weighted by molar-refractivity contribution is 0.127. The summed E-state index contributed by atoms with van der Waals surface area (Å²) in [4.78, 5) is 2.41. The molecule has 2 rings (SSSR count). The van der Waals surface area contributed by atoms with Crippen LogP contribution in [-0.4, -0.2) is 24.5 Å². The number of hydrogen-bond donors (Lipinski definition) is 1. The molecule has 2 atom stereocenters. The normalized spacial score (nSPS) is 23.3. The quantitative estimate of drug-likeness (QED) is 0.901. The first kappa shape index (κ1) is 14.0. The Morgan fingerprint density at radius 3 is 2.89 bits per heavy atom. The van der Waals surface area contributed by atoms with Crippen LogP contribution in [0.4, 0.5) is 0 Å². The molecule has 0 amide bonds. The topological polar surface area (TPSA) is 53.0 Å². The Morgan fingerprint density at radius 1 is 1.37 bits per heavy atom. The van der Waals surface area contributed by atoms with Crippen LogP contribution in [-0.2, 0) is 6.54 Å². The number of nitriles is 1. The fraction of sp³-hybridized carbons (Fsp3) is 0.562. The van der Waals surface area contributed by atoms with Crippen LogP contribution in [0.5, 0.6) is 0 Å². The van der Waals surface area contributed by atoms with Crippen LogP contribution < -0.4 is 5.73 Å². The van der Waals surface area contributed by atoms with Crippen LogP contribution in [0.15, 0.2) is 24.3 Å². The summed E-state index contributed by atoms with van der Waals surface area (Å²) in [6, 6.07) is 10.7. The van der Waals surface area contributed by atoms with Crippen LogP contribution in [0.2, 0.25) is 0 Å². The molecule has 3 heteroatoms. The van der Waals surface area contributed by atoms with Gasteiger partial charge >= 0.3 is 0 Å². The minimum atomic E-state index is 0.587. The molecule has 3 nitrogen and oxygen atoms in total. The summed E-state index contributed by atoms with van der Waals surface area (Å²) in [6.07, 6.45) is 5.12. The number of nitrogens with zero attached hydrogens (tertiary/aromatic N) is 2. The Balaban J connectivity index is 2.03. The van der Waals surface area contributed by atoms with Gasteiger partial charge in [0.1, 0.15) is 0 Å². The zero-order valence-corrected chi connectivity index (χ0v) is 11.7. The summed E-state index contributed by atoms with van der Waals surface area (Å²) in [5, 5.41) is 8.94. The lowest BCUT2D eigenvalue weighted by atomic mass is 9.83. The first-order valence-corrected chi connectivity index (χ1v) is 7.14. The van der Waals surface area contributed by atoms with E-state index in [4.69, 9.17) is 11.0 Å². The van der Waals surface area contributed by atoms with E-state index in [0.29, 0.717) is 12.0 Å². The Morgan fingerprint density at radius 2 is 2.16 bits per heavy atom. The van der Waals surface area contributed by atoms with Crippen molar-refractivity contribution in [1.82, 2.24) is 4.90 Å². The maximum absolute atomic E-state index is 8.94. The molecule has 0 aliphatic heterocycles. The summed E-state index contributed by atoms with van der Waals surface area (Å²) < 4.78 is 0. The van der Waals surface area contributed by atoms with Crippen molar-refractivity contribution in [3.05, 3.63) is 35.4 Å². The van der Waals surface area contributed by atoms with Crippen molar-refractivity contribution in [2.75, 3.05) is 13.6 Å². The van der Waals surface area contributed by atoms with Gasteiger partial charge in [0.2, 0.25) is 0 Å². The molecular formula is C16H23N3. The molecule has 1 aliphatic rings. The summed E-state index contributed by atoms with van der Waals surface area (Å²) in [5.74, 6) is 0.623. The van der Waals surface area contributed by atoms with E-state index in [-0.39, 0.29) is 0 Å². The molecule has 1 aromatic carbocycles. The standard InChI is InChI=1S/C16H23N3/c1-19(16-8-3-2-7-15(16)11-18)12-14-6-4-5-13(9-14)10-17/h4-6,9,15-16H,2-3,7-8,11-12,18H2,1H3. The minimum Gasteiger partial charge on any atom is -0.330 e. The van der Waals surface area contributed by atoms with E-state index in [2.05, 4.69) is 24.1 Å². The van der Waals surface area contributed by atoms with Gasteiger partial charge in [0.15, 0.2) is 0 Å². The molecule has 1 aromatic rings. The highest BCUT2D eigenvalue weighted by Crippen LogP contribution is 2.28. The first-order chi connectivity index (χ1) is 9.24. The van der Waals surface area contributed by atoms with Gasteiger partial charge in [-0.3, -0.25) is 4.90 Å². The summed E-state index contributed by atoms with van der Waals surface area (Å²) in [6.45, 7) is 1.68. The van der Waals surface area contributed by atoms with Crippen LogP contribution >= 0.6 is 0 Å². The van der Waals surface area contributed by atoms with E-state index < -0.39 is 0 Å². The number of benzene rings is 1. The monoisotopic (exact) mass is 257 g/mol. The first-order valence-electron chi connectivity index (χ1n) is 7.14. The minimum absolute atomic E-state index is 0.587. The predicted octanol–water partition coefficient (Wildman–Crippen LogP) is 2.51. The van der Waals surface area contributed by atoms with Crippen LogP contribution in [0.3, 0.4) is 0 Å². The summed E-state index contributed by atoms with van der Waals surface area (Å²) in [5.41, 5.74) is 7.85. The molecule has 2 unspecified atom stereocenters. The zero-order valence-electron chi connectivity index (χ0n) is 11.7. The van der Waals surface area contributed by atoms with Crippen molar-refractivity contribution < 1.29 is 0 Å². The van der Waals surface area contributed by atoms with Crippen molar-refractivity contribution in [3.8, 4) is 6.07 Å². The Labute approximate surface area is 116 Å². The maximum Gasteiger partial charge on any atom is 0.0991 e. The van der Waals surface area contributed by atoms with Gasteiger partial charge in [0.05, 0.1) is 11.6 Å². The lowest BCUT2D eigenvalue weighted by Gasteiger charge is -2.37. The molecule has 0 radical (unpaired) electrons. The van der Waals surface area contributed by atoms with E-state index in [1.807, 2.05) is 18.2 Å². The fourth-order valence-electron chi connectivity index (χ4n) is 3.19. The molecule has 1 fully saturated rings. The largest absolute Gasteiger partial charge is 0.330 e. The molecule has 1 aliphatic carbocycles. The van der Waals surface area contributed by atoms with Crippen molar-refractivity contribution in [1.29, 1.82) is 5.26 Å². The summed E-state index contributed by atoms with van der Waals surface area (Å²) >= 11 is 0. The van der Waals surface area contributed by atoms with Crippen molar-refractivity contribution in [2.24, 2.45) is 11.7 Å². The van der Waals surface area contributed by atoms with Crippen LogP contribution in [0, 0.1) is 17.2 Å². The third kappa shape index (κ3) is 3.56. The molecular weight excluding hydrogens is 234 g/mol. The van der Waals surface area contributed by atoms with Gasteiger partial charge in [0.25, 0.3) is 0 Å². The SMILES string of the molecule is CN(Cc1cccc(C#N)c1)C1CCCCC1CN. The molecule has 102 valence electrons. The molecule has 0 saturated heterocycles. The number of rotatable bonds is 4. The van der Waals surface area contributed by atoms with E-state index in [1.54, 1.807) is 0 Å². The van der Waals surface area contributed by atoms with Crippen LogP contribution in [0.25, 0.3) is 0 Å². The molecule has 1 saturated carbocycles. The number of nitrogens with two attached hydrogens (primary N) is 1.